The zero-order valence-corrected chi connectivity index (χ0v) is 6.96. The minimum absolute atomic E-state index is 0.347. The Kier molecular flexibility index (Phi) is 5.23. The van der Waals surface area contributed by atoms with E-state index >= 15 is 0 Å². The molecule has 0 saturated carbocycles. The highest BCUT2D eigenvalue weighted by molar-refractivity contribution is 7.40. The van der Waals surface area contributed by atoms with Crippen LogP contribution in [0.2, 0.25) is 0 Å². The maximum atomic E-state index is 10.8. The van der Waals surface area contributed by atoms with Crippen LogP contribution in [0.3, 0.4) is 0 Å². The van der Waals surface area contributed by atoms with Crippen LogP contribution in [0.4, 0.5) is 0 Å². The summed E-state index contributed by atoms with van der Waals surface area (Å²) < 4.78 is 20.1. The van der Waals surface area contributed by atoms with Gasteiger partial charge in [0, 0.05) is 7.11 Å². The summed E-state index contributed by atoms with van der Waals surface area (Å²) in [6.45, 7) is 2.06. The molecule has 0 saturated heterocycles. The molecule has 0 spiro atoms. The van der Waals surface area contributed by atoms with E-state index < -0.39 is 13.9 Å². The van der Waals surface area contributed by atoms with Crippen molar-refractivity contribution in [2.45, 2.75) is 12.8 Å². The van der Waals surface area contributed by atoms with Gasteiger partial charge in [0.1, 0.15) is 6.07 Å². The average Bonchev–Trinajstić information content (AvgIpc) is 1.91. The predicted molar refractivity (Wildman–Crippen MR) is 37.0 cm³/mol. The Hall–Kier alpha value is -0.360. The highest BCUT2D eigenvalue weighted by Gasteiger charge is 2.13. The first-order valence-electron chi connectivity index (χ1n) is 2.85. The van der Waals surface area contributed by atoms with Gasteiger partial charge in [-0.15, -0.1) is 0 Å². The Morgan fingerprint density at radius 2 is 2.40 bits per heavy atom. The third-order valence-electron chi connectivity index (χ3n) is 0.854. The van der Waals surface area contributed by atoms with Crippen LogP contribution >= 0.6 is 8.03 Å². The minimum atomic E-state index is -2.31. The summed E-state index contributed by atoms with van der Waals surface area (Å²) in [5.74, 6) is -0.898. The van der Waals surface area contributed by atoms with Crippen LogP contribution in [0, 0.1) is 11.3 Å². The maximum Gasteiger partial charge on any atom is 0.233 e. The van der Waals surface area contributed by atoms with Gasteiger partial charge >= 0.3 is 0 Å². The number of hydrogen-bond acceptors (Lipinski definition) is 4. The molecule has 0 heterocycles. The van der Waals surface area contributed by atoms with E-state index in [2.05, 4.69) is 9.26 Å². The fourth-order valence-corrected chi connectivity index (χ4v) is 1.15. The lowest BCUT2D eigenvalue weighted by molar-refractivity contribution is 0.187. The second kappa shape index (κ2) is 5.43. The second-order valence-electron chi connectivity index (χ2n) is 1.50. The van der Waals surface area contributed by atoms with Crippen molar-refractivity contribution in [3.63, 3.8) is 0 Å². The standard InChI is InChI=1S/C5H10NO3P/c1-3-9-10(7)5(4-6)8-2/h5,10H,3H2,1-2H3. The number of nitrogens with zero attached hydrogens (tertiary/aromatic N) is 1. The molecular formula is C5H10NO3P. The van der Waals surface area contributed by atoms with Crippen molar-refractivity contribution in [2.75, 3.05) is 13.7 Å². The minimum Gasteiger partial charge on any atom is -0.357 e. The lowest BCUT2D eigenvalue weighted by Crippen LogP contribution is -2.02. The predicted octanol–water partition coefficient (Wildman–Crippen LogP) is 0.994. The van der Waals surface area contributed by atoms with Crippen molar-refractivity contribution in [3.05, 3.63) is 0 Å². The van der Waals surface area contributed by atoms with E-state index in [9.17, 15) is 4.57 Å². The van der Waals surface area contributed by atoms with Crippen LogP contribution in [-0.4, -0.2) is 19.6 Å². The molecular weight excluding hydrogens is 153 g/mol. The lowest BCUT2D eigenvalue weighted by Gasteiger charge is -2.04. The number of methoxy groups -OCH3 is 1. The first-order valence-corrected chi connectivity index (χ1v) is 4.24. The van der Waals surface area contributed by atoms with Crippen molar-refractivity contribution in [1.29, 1.82) is 5.26 Å². The van der Waals surface area contributed by atoms with E-state index in [1.807, 2.05) is 0 Å². The molecule has 0 rings (SSSR count). The van der Waals surface area contributed by atoms with E-state index in [0.29, 0.717) is 6.61 Å². The molecule has 0 aromatic carbocycles. The molecule has 4 nitrogen and oxygen atoms in total. The first-order chi connectivity index (χ1) is 4.76. The van der Waals surface area contributed by atoms with Gasteiger partial charge < -0.3 is 9.26 Å². The van der Waals surface area contributed by atoms with Gasteiger partial charge in [-0.05, 0) is 6.92 Å². The molecule has 2 atom stereocenters. The largest absolute Gasteiger partial charge is 0.357 e. The van der Waals surface area contributed by atoms with Gasteiger partial charge in [0.15, 0.2) is 0 Å². The van der Waals surface area contributed by atoms with Crippen molar-refractivity contribution >= 4 is 8.03 Å². The highest BCUT2D eigenvalue weighted by Crippen LogP contribution is 2.28. The zero-order valence-electron chi connectivity index (χ0n) is 5.96. The smallest absolute Gasteiger partial charge is 0.233 e. The number of ether oxygens (including phenoxy) is 1. The summed E-state index contributed by atoms with van der Waals surface area (Å²) >= 11 is 0. The Bertz CT molecular complexity index is 153. The number of hydrogen-bond donors (Lipinski definition) is 0. The van der Waals surface area contributed by atoms with Crippen molar-refractivity contribution in [1.82, 2.24) is 0 Å². The molecule has 0 aliphatic heterocycles. The van der Waals surface area contributed by atoms with Crippen LogP contribution in [0.15, 0.2) is 0 Å². The van der Waals surface area contributed by atoms with Crippen LogP contribution in [0.25, 0.3) is 0 Å². The summed E-state index contributed by atoms with van der Waals surface area (Å²) in [5.41, 5.74) is 0. The topological polar surface area (TPSA) is 59.3 Å². The average molecular weight is 163 g/mol. The van der Waals surface area contributed by atoms with E-state index in [1.54, 1.807) is 13.0 Å². The Morgan fingerprint density at radius 1 is 1.80 bits per heavy atom. The molecule has 0 aliphatic rings. The molecule has 0 amide bonds. The fraction of sp³-hybridized carbons (Fsp3) is 0.800. The van der Waals surface area contributed by atoms with Gasteiger partial charge in [0.25, 0.3) is 0 Å². The monoisotopic (exact) mass is 163 g/mol. The molecule has 58 valence electrons. The van der Waals surface area contributed by atoms with Gasteiger partial charge in [-0.2, -0.15) is 5.26 Å². The molecule has 5 heteroatoms. The summed E-state index contributed by atoms with van der Waals surface area (Å²) in [7, 11) is -0.985. The third kappa shape index (κ3) is 2.98. The highest BCUT2D eigenvalue weighted by atomic mass is 31.1. The summed E-state index contributed by atoms with van der Waals surface area (Å²) in [5, 5.41) is 8.29. The molecule has 0 radical (unpaired) electrons. The lowest BCUT2D eigenvalue weighted by atomic mass is 10.8. The molecule has 0 N–H and O–H groups in total. The fourth-order valence-electron chi connectivity index (χ4n) is 0.420. The Labute approximate surface area is 60.6 Å². The van der Waals surface area contributed by atoms with Gasteiger partial charge in [-0.3, -0.25) is 4.57 Å². The van der Waals surface area contributed by atoms with E-state index in [4.69, 9.17) is 5.26 Å². The third-order valence-corrected chi connectivity index (χ3v) is 2.22. The van der Waals surface area contributed by atoms with E-state index in [1.165, 1.54) is 7.11 Å². The van der Waals surface area contributed by atoms with Crippen molar-refractivity contribution in [2.24, 2.45) is 0 Å². The maximum absolute atomic E-state index is 10.8. The van der Waals surface area contributed by atoms with Crippen LogP contribution in [-0.2, 0) is 13.8 Å². The van der Waals surface area contributed by atoms with Crippen molar-refractivity contribution in [3.8, 4) is 6.07 Å². The van der Waals surface area contributed by atoms with Crippen LogP contribution in [0.1, 0.15) is 6.92 Å². The molecule has 0 aromatic heterocycles. The number of nitriles is 1. The Balaban J connectivity index is 3.80. The second-order valence-corrected chi connectivity index (χ2v) is 2.95. The van der Waals surface area contributed by atoms with E-state index in [-0.39, 0.29) is 0 Å². The molecule has 0 fully saturated rings. The van der Waals surface area contributed by atoms with Gasteiger partial charge in [-0.1, -0.05) is 0 Å². The normalized spacial score (nSPS) is 15.7. The van der Waals surface area contributed by atoms with Crippen LogP contribution in [0.5, 0.6) is 0 Å². The number of rotatable bonds is 4. The molecule has 0 bridgehead atoms. The summed E-state index contributed by atoms with van der Waals surface area (Å²) in [6, 6.07) is 1.72. The van der Waals surface area contributed by atoms with Gasteiger partial charge in [0.05, 0.1) is 6.61 Å². The molecule has 0 aliphatic carbocycles. The molecule has 10 heavy (non-hydrogen) atoms. The van der Waals surface area contributed by atoms with Gasteiger partial charge in [0.2, 0.25) is 13.9 Å². The Morgan fingerprint density at radius 3 is 2.70 bits per heavy atom. The van der Waals surface area contributed by atoms with E-state index in [0.717, 1.165) is 0 Å². The van der Waals surface area contributed by atoms with Gasteiger partial charge in [-0.25, -0.2) is 0 Å². The quantitative estimate of drug-likeness (QED) is 0.580. The van der Waals surface area contributed by atoms with Crippen LogP contribution < -0.4 is 0 Å². The molecule has 2 unspecified atom stereocenters. The zero-order chi connectivity index (χ0) is 7.98. The summed E-state index contributed by atoms with van der Waals surface area (Å²) in [4.78, 5) is 0. The van der Waals surface area contributed by atoms with Crippen molar-refractivity contribution < 1.29 is 13.8 Å². The summed E-state index contributed by atoms with van der Waals surface area (Å²) in [6.07, 6.45) is 0. The SMILES string of the molecule is CCO[PH](=O)C(C#N)OC. The molecule has 0 aromatic rings. The first kappa shape index (κ1) is 9.64.